The second-order valence-corrected chi connectivity index (χ2v) is 5.89. The molecular formula is C14H26F3IN4O. The van der Waals surface area contributed by atoms with Gasteiger partial charge in [-0.2, -0.15) is 13.2 Å². The highest BCUT2D eigenvalue weighted by atomic mass is 127. The van der Waals surface area contributed by atoms with Crippen molar-refractivity contribution in [2.24, 2.45) is 10.9 Å². The molecule has 0 spiro atoms. The second kappa shape index (κ2) is 10.2. The van der Waals surface area contributed by atoms with Gasteiger partial charge in [0, 0.05) is 20.1 Å². The Labute approximate surface area is 152 Å². The van der Waals surface area contributed by atoms with E-state index in [1.54, 1.807) is 7.05 Å². The SMILES string of the molecule is CN=C(NCC(=O)N(C)CC(F)(F)F)NC1CCC(C)CC1.I. The second-order valence-electron chi connectivity index (χ2n) is 5.89. The summed E-state index contributed by atoms with van der Waals surface area (Å²) in [4.78, 5) is 16.3. The molecule has 0 aromatic carbocycles. The van der Waals surface area contributed by atoms with E-state index in [2.05, 4.69) is 22.5 Å². The normalized spacial score (nSPS) is 22.1. The topological polar surface area (TPSA) is 56.7 Å². The molecule has 1 aliphatic carbocycles. The van der Waals surface area contributed by atoms with Crippen molar-refractivity contribution in [2.45, 2.75) is 44.8 Å². The zero-order valence-electron chi connectivity index (χ0n) is 13.7. The maximum atomic E-state index is 12.2. The predicted molar refractivity (Wildman–Crippen MR) is 95.0 cm³/mol. The predicted octanol–water partition coefficient (Wildman–Crippen LogP) is 2.37. The van der Waals surface area contributed by atoms with Crippen LogP contribution in [0.25, 0.3) is 0 Å². The average Bonchev–Trinajstić information content (AvgIpc) is 2.43. The summed E-state index contributed by atoms with van der Waals surface area (Å²) in [6.45, 7) is 0.758. The molecule has 0 aromatic rings. The molecule has 1 aliphatic rings. The molecule has 0 aliphatic heterocycles. The van der Waals surface area contributed by atoms with Crippen molar-refractivity contribution in [3.05, 3.63) is 0 Å². The molecule has 23 heavy (non-hydrogen) atoms. The van der Waals surface area contributed by atoms with Crippen LogP contribution in [0.3, 0.4) is 0 Å². The monoisotopic (exact) mass is 450 g/mol. The lowest BCUT2D eigenvalue weighted by molar-refractivity contribution is -0.157. The molecule has 136 valence electrons. The molecule has 0 aromatic heterocycles. The highest BCUT2D eigenvalue weighted by Crippen LogP contribution is 2.23. The molecule has 0 saturated heterocycles. The van der Waals surface area contributed by atoms with Gasteiger partial charge in [-0.1, -0.05) is 6.92 Å². The van der Waals surface area contributed by atoms with Gasteiger partial charge < -0.3 is 15.5 Å². The van der Waals surface area contributed by atoms with E-state index in [0.29, 0.717) is 16.9 Å². The highest BCUT2D eigenvalue weighted by Gasteiger charge is 2.31. The van der Waals surface area contributed by atoms with Crippen LogP contribution in [-0.2, 0) is 4.79 Å². The number of carbonyl (C=O) groups excluding carboxylic acids is 1. The smallest absolute Gasteiger partial charge is 0.354 e. The van der Waals surface area contributed by atoms with Gasteiger partial charge in [0.15, 0.2) is 5.96 Å². The number of amides is 1. The summed E-state index contributed by atoms with van der Waals surface area (Å²) < 4.78 is 36.7. The number of alkyl halides is 3. The van der Waals surface area contributed by atoms with Gasteiger partial charge in [-0.3, -0.25) is 9.79 Å². The molecule has 0 atom stereocenters. The van der Waals surface area contributed by atoms with Crippen LogP contribution in [0, 0.1) is 5.92 Å². The number of carbonyl (C=O) groups is 1. The molecule has 0 radical (unpaired) electrons. The summed E-state index contributed by atoms with van der Waals surface area (Å²) in [7, 11) is 2.71. The maximum Gasteiger partial charge on any atom is 0.406 e. The summed E-state index contributed by atoms with van der Waals surface area (Å²) in [6.07, 6.45) is -0.0411. The van der Waals surface area contributed by atoms with Gasteiger partial charge in [0.1, 0.15) is 6.54 Å². The van der Waals surface area contributed by atoms with E-state index in [1.807, 2.05) is 0 Å². The van der Waals surface area contributed by atoms with Crippen molar-refractivity contribution in [1.82, 2.24) is 15.5 Å². The molecule has 0 heterocycles. The number of hydrogen-bond donors (Lipinski definition) is 2. The van der Waals surface area contributed by atoms with Gasteiger partial charge in [0.25, 0.3) is 0 Å². The summed E-state index contributed by atoms with van der Waals surface area (Å²) in [5.41, 5.74) is 0. The van der Waals surface area contributed by atoms with Gasteiger partial charge in [0.2, 0.25) is 5.91 Å². The van der Waals surface area contributed by atoms with Crippen molar-refractivity contribution in [3.63, 3.8) is 0 Å². The van der Waals surface area contributed by atoms with Crippen LogP contribution in [-0.4, -0.2) is 56.2 Å². The number of nitrogens with zero attached hydrogens (tertiary/aromatic N) is 2. The van der Waals surface area contributed by atoms with Crippen LogP contribution < -0.4 is 10.6 Å². The van der Waals surface area contributed by atoms with Gasteiger partial charge in [-0.25, -0.2) is 0 Å². The van der Waals surface area contributed by atoms with Gasteiger partial charge in [-0.15, -0.1) is 24.0 Å². The number of nitrogens with one attached hydrogen (secondary N) is 2. The van der Waals surface area contributed by atoms with Gasteiger partial charge in [0.05, 0.1) is 6.54 Å². The fraction of sp³-hybridized carbons (Fsp3) is 0.857. The first-order valence-corrected chi connectivity index (χ1v) is 7.49. The molecule has 0 unspecified atom stereocenters. The minimum absolute atomic E-state index is 0. The van der Waals surface area contributed by atoms with Crippen molar-refractivity contribution in [2.75, 3.05) is 27.2 Å². The Morgan fingerprint density at radius 1 is 1.26 bits per heavy atom. The molecular weight excluding hydrogens is 424 g/mol. The van der Waals surface area contributed by atoms with Crippen LogP contribution >= 0.6 is 24.0 Å². The van der Waals surface area contributed by atoms with E-state index >= 15 is 0 Å². The van der Waals surface area contributed by atoms with Crippen LogP contribution in [0.4, 0.5) is 13.2 Å². The fourth-order valence-corrected chi connectivity index (χ4v) is 2.44. The van der Waals surface area contributed by atoms with Gasteiger partial charge in [-0.05, 0) is 31.6 Å². The summed E-state index contributed by atoms with van der Waals surface area (Å²) in [5, 5.41) is 5.99. The van der Waals surface area contributed by atoms with E-state index < -0.39 is 18.6 Å². The van der Waals surface area contributed by atoms with Crippen LogP contribution in [0.2, 0.25) is 0 Å². The first-order valence-electron chi connectivity index (χ1n) is 7.49. The number of halogens is 4. The molecule has 5 nitrogen and oxygen atoms in total. The fourth-order valence-electron chi connectivity index (χ4n) is 2.44. The Morgan fingerprint density at radius 2 is 1.83 bits per heavy atom. The molecule has 2 N–H and O–H groups in total. The van der Waals surface area contributed by atoms with Crippen molar-refractivity contribution >= 4 is 35.8 Å². The third kappa shape index (κ3) is 9.21. The minimum atomic E-state index is -4.39. The zero-order chi connectivity index (χ0) is 16.8. The quantitative estimate of drug-likeness (QED) is 0.393. The third-order valence-corrected chi connectivity index (χ3v) is 3.83. The lowest BCUT2D eigenvalue weighted by Crippen LogP contribution is -2.48. The number of rotatable bonds is 4. The lowest BCUT2D eigenvalue weighted by Gasteiger charge is -2.28. The zero-order valence-corrected chi connectivity index (χ0v) is 16.1. The Balaban J connectivity index is 0.00000484. The Hall–Kier alpha value is -0.740. The van der Waals surface area contributed by atoms with E-state index in [-0.39, 0.29) is 30.5 Å². The molecule has 9 heteroatoms. The number of aliphatic imine (C=N–C) groups is 1. The molecule has 1 fully saturated rings. The first kappa shape index (κ1) is 22.3. The average molecular weight is 450 g/mol. The molecule has 1 rings (SSSR count). The summed E-state index contributed by atoms with van der Waals surface area (Å²) >= 11 is 0. The van der Waals surface area contributed by atoms with E-state index in [9.17, 15) is 18.0 Å². The maximum absolute atomic E-state index is 12.2. The standard InChI is InChI=1S/C14H25F3N4O.HI/c1-10-4-6-11(7-5-10)20-13(18-2)19-8-12(22)21(3)9-14(15,16)17;/h10-11H,4-9H2,1-3H3,(H2,18,19,20);1H. The largest absolute Gasteiger partial charge is 0.406 e. The minimum Gasteiger partial charge on any atom is -0.354 e. The first-order chi connectivity index (χ1) is 10.2. The van der Waals surface area contributed by atoms with Crippen molar-refractivity contribution in [1.29, 1.82) is 0 Å². The Bertz CT molecular complexity index is 396. The number of likely N-dealkylation sites (N-methyl/N-ethyl adjacent to an activating group) is 1. The van der Waals surface area contributed by atoms with Crippen LogP contribution in [0.15, 0.2) is 4.99 Å². The lowest BCUT2D eigenvalue weighted by atomic mass is 9.87. The molecule has 1 saturated carbocycles. The number of hydrogen-bond acceptors (Lipinski definition) is 2. The Kier molecular flexibility index (Phi) is 9.86. The van der Waals surface area contributed by atoms with E-state index in [1.165, 1.54) is 0 Å². The van der Waals surface area contributed by atoms with E-state index in [4.69, 9.17) is 0 Å². The Morgan fingerprint density at radius 3 is 2.30 bits per heavy atom. The van der Waals surface area contributed by atoms with Crippen molar-refractivity contribution < 1.29 is 18.0 Å². The molecule has 0 bridgehead atoms. The van der Waals surface area contributed by atoms with Crippen molar-refractivity contribution in [3.8, 4) is 0 Å². The van der Waals surface area contributed by atoms with E-state index in [0.717, 1.165) is 38.6 Å². The van der Waals surface area contributed by atoms with Gasteiger partial charge >= 0.3 is 6.18 Å². The number of guanidine groups is 1. The third-order valence-electron chi connectivity index (χ3n) is 3.83. The van der Waals surface area contributed by atoms with Crippen LogP contribution in [0.1, 0.15) is 32.6 Å². The highest BCUT2D eigenvalue weighted by molar-refractivity contribution is 14.0. The summed E-state index contributed by atoms with van der Waals surface area (Å²) in [5.74, 6) is 0.552. The molecule has 1 amide bonds. The van der Waals surface area contributed by atoms with Crippen LogP contribution in [0.5, 0.6) is 0 Å². The summed E-state index contributed by atoms with van der Waals surface area (Å²) in [6, 6.07) is 0.297.